The molecule has 116 valence electrons. The molecule has 6 nitrogen and oxygen atoms in total. The maximum Gasteiger partial charge on any atom is 0.337 e. The van der Waals surface area contributed by atoms with Crippen molar-refractivity contribution in [1.29, 1.82) is 0 Å². The topological polar surface area (TPSA) is 94.0 Å². The van der Waals surface area contributed by atoms with Crippen molar-refractivity contribution in [2.45, 2.75) is 0 Å². The zero-order chi connectivity index (χ0) is 16.6. The van der Waals surface area contributed by atoms with Crippen LogP contribution in [0.3, 0.4) is 0 Å². The van der Waals surface area contributed by atoms with E-state index in [1.165, 1.54) is 12.3 Å². The molecule has 0 aliphatic heterocycles. The van der Waals surface area contributed by atoms with Crippen LogP contribution in [0.1, 0.15) is 10.4 Å². The fourth-order valence-electron chi connectivity index (χ4n) is 2.25. The second-order valence-corrected chi connectivity index (χ2v) is 5.49. The molecule has 2 heterocycles. The van der Waals surface area contributed by atoms with Crippen molar-refractivity contribution < 1.29 is 9.90 Å². The van der Waals surface area contributed by atoms with Gasteiger partial charge in [0.1, 0.15) is 5.82 Å². The maximum atomic E-state index is 11.5. The number of benzene rings is 1. The monoisotopic (exact) mass is 348 g/mol. The minimum absolute atomic E-state index is 0.0845. The molecule has 0 saturated heterocycles. The number of hydrogen-bond donors (Lipinski definition) is 2. The van der Waals surface area contributed by atoms with Gasteiger partial charge in [-0.2, -0.15) is 4.98 Å². The van der Waals surface area contributed by atoms with Crippen LogP contribution in [-0.4, -0.2) is 25.6 Å². The Hall–Kier alpha value is -2.57. The molecule has 0 bridgehead atoms. The summed E-state index contributed by atoms with van der Waals surface area (Å²) in [5, 5.41) is 10.2. The normalized spacial score (nSPS) is 10.7. The fourth-order valence-corrected chi connectivity index (χ4v) is 2.75. The lowest BCUT2D eigenvalue weighted by Crippen LogP contribution is -2.05. The fraction of sp³-hybridized carbons (Fsp3) is 0. The zero-order valence-corrected chi connectivity index (χ0v) is 13.1. The highest BCUT2D eigenvalue weighted by molar-refractivity contribution is 6.36. The lowest BCUT2D eigenvalue weighted by Gasteiger charge is -2.12. The smallest absolute Gasteiger partial charge is 0.337 e. The van der Waals surface area contributed by atoms with E-state index in [0.29, 0.717) is 27.1 Å². The molecule has 3 rings (SSSR count). The number of nitrogen functional groups attached to an aromatic ring is 1. The third kappa shape index (κ3) is 2.86. The number of nitrogens with zero attached hydrogens (tertiary/aromatic N) is 3. The van der Waals surface area contributed by atoms with Gasteiger partial charge in [-0.25, -0.2) is 9.78 Å². The lowest BCUT2D eigenvalue weighted by atomic mass is 10.1. The van der Waals surface area contributed by atoms with Gasteiger partial charge in [0.25, 0.3) is 0 Å². The number of halogens is 2. The Kier molecular flexibility index (Phi) is 3.94. The highest BCUT2D eigenvalue weighted by atomic mass is 35.5. The Bertz CT molecular complexity index is 908. The molecule has 0 atom stereocenters. The molecule has 0 aliphatic carbocycles. The summed E-state index contributed by atoms with van der Waals surface area (Å²) in [4.78, 5) is 19.5. The van der Waals surface area contributed by atoms with Gasteiger partial charge in [-0.3, -0.25) is 0 Å². The first kappa shape index (κ1) is 15.3. The Morgan fingerprint density at radius 1 is 1.22 bits per heavy atom. The Labute approximate surface area is 141 Å². The molecule has 0 saturated carbocycles. The van der Waals surface area contributed by atoms with E-state index in [0.717, 1.165) is 0 Å². The number of anilines is 1. The Morgan fingerprint density at radius 2 is 2.00 bits per heavy atom. The van der Waals surface area contributed by atoms with Gasteiger partial charge in [-0.05, 0) is 30.3 Å². The molecule has 3 N–H and O–H groups in total. The number of carboxylic acids is 1. The number of aromatic nitrogens is 3. The largest absolute Gasteiger partial charge is 0.478 e. The summed E-state index contributed by atoms with van der Waals surface area (Å²) in [6.07, 6.45) is 3.08. The minimum Gasteiger partial charge on any atom is -0.478 e. The summed E-state index contributed by atoms with van der Waals surface area (Å²) in [5.41, 5.74) is 6.61. The van der Waals surface area contributed by atoms with E-state index in [1.54, 1.807) is 35.0 Å². The number of carboxylic acid groups (broad SMARTS) is 1. The van der Waals surface area contributed by atoms with E-state index in [9.17, 15) is 9.90 Å². The molecule has 0 amide bonds. The molecule has 23 heavy (non-hydrogen) atoms. The van der Waals surface area contributed by atoms with Crippen LogP contribution in [0.2, 0.25) is 10.0 Å². The number of rotatable bonds is 3. The Balaban J connectivity index is 2.29. The van der Waals surface area contributed by atoms with Gasteiger partial charge in [-0.1, -0.05) is 23.2 Å². The van der Waals surface area contributed by atoms with Crippen LogP contribution in [0.25, 0.3) is 17.1 Å². The molecule has 0 aliphatic rings. The first-order valence-corrected chi connectivity index (χ1v) is 7.22. The summed E-state index contributed by atoms with van der Waals surface area (Å²) in [6.45, 7) is 0. The first-order valence-electron chi connectivity index (χ1n) is 6.46. The van der Waals surface area contributed by atoms with Crippen molar-refractivity contribution in [1.82, 2.24) is 14.5 Å². The van der Waals surface area contributed by atoms with E-state index in [2.05, 4.69) is 9.97 Å². The van der Waals surface area contributed by atoms with E-state index in [-0.39, 0.29) is 11.5 Å². The number of hydrogen-bond acceptors (Lipinski definition) is 4. The van der Waals surface area contributed by atoms with E-state index in [1.807, 2.05) is 0 Å². The number of nitrogens with two attached hydrogens (primary N) is 1. The van der Waals surface area contributed by atoms with Gasteiger partial charge in [0.05, 0.1) is 16.3 Å². The van der Waals surface area contributed by atoms with Gasteiger partial charge in [0.2, 0.25) is 5.95 Å². The molecule has 0 spiro atoms. The second kappa shape index (κ2) is 5.91. The predicted octanol–water partition coefficient (Wildman–Crippen LogP) is 3.52. The van der Waals surface area contributed by atoms with Crippen molar-refractivity contribution in [2.75, 3.05) is 5.73 Å². The third-order valence-corrected chi connectivity index (χ3v) is 3.76. The summed E-state index contributed by atoms with van der Waals surface area (Å²) in [7, 11) is 0. The van der Waals surface area contributed by atoms with E-state index >= 15 is 0 Å². The molecule has 2 aromatic heterocycles. The van der Waals surface area contributed by atoms with Gasteiger partial charge in [0.15, 0.2) is 0 Å². The Morgan fingerprint density at radius 3 is 2.65 bits per heavy atom. The standard InChI is InChI=1S/C15H10Cl2N4O2/c16-8-1-2-9(11(17)7-8)13-10(14(22)23)4-6-21(13)12-3-5-19-15(18)20-12/h1-7H,(H,22,23)(H2,18,19,20). The van der Waals surface area contributed by atoms with E-state index < -0.39 is 5.97 Å². The molecule has 8 heteroatoms. The first-order chi connectivity index (χ1) is 11.0. The van der Waals surface area contributed by atoms with Crippen molar-refractivity contribution in [3.05, 3.63) is 58.3 Å². The molecule has 3 aromatic rings. The SMILES string of the molecule is Nc1nccc(-n2ccc(C(=O)O)c2-c2ccc(Cl)cc2Cl)n1. The van der Waals surface area contributed by atoms with Crippen molar-refractivity contribution in [2.24, 2.45) is 0 Å². The molecule has 0 fully saturated rings. The summed E-state index contributed by atoms with van der Waals surface area (Å²) < 4.78 is 1.59. The lowest BCUT2D eigenvalue weighted by molar-refractivity contribution is 0.0698. The number of aromatic carboxylic acids is 1. The van der Waals surface area contributed by atoms with Crippen LogP contribution < -0.4 is 5.73 Å². The average molecular weight is 349 g/mol. The van der Waals surface area contributed by atoms with Crippen LogP contribution in [0.15, 0.2) is 42.7 Å². The quantitative estimate of drug-likeness (QED) is 0.754. The second-order valence-electron chi connectivity index (χ2n) is 4.65. The molecular formula is C15H10Cl2N4O2. The highest BCUT2D eigenvalue weighted by Crippen LogP contribution is 2.34. The van der Waals surface area contributed by atoms with Crippen LogP contribution in [0, 0.1) is 0 Å². The van der Waals surface area contributed by atoms with Gasteiger partial charge >= 0.3 is 5.97 Å². The average Bonchev–Trinajstić information content (AvgIpc) is 2.92. The summed E-state index contributed by atoms with van der Waals surface area (Å²) in [6, 6.07) is 7.94. The van der Waals surface area contributed by atoms with Crippen LogP contribution in [-0.2, 0) is 0 Å². The highest BCUT2D eigenvalue weighted by Gasteiger charge is 2.20. The van der Waals surface area contributed by atoms with E-state index in [4.69, 9.17) is 28.9 Å². The molecule has 0 radical (unpaired) electrons. The number of carbonyl (C=O) groups is 1. The molecule has 1 aromatic carbocycles. The van der Waals surface area contributed by atoms with Crippen LogP contribution in [0.4, 0.5) is 5.95 Å². The zero-order valence-electron chi connectivity index (χ0n) is 11.6. The maximum absolute atomic E-state index is 11.5. The predicted molar refractivity (Wildman–Crippen MR) is 88.2 cm³/mol. The summed E-state index contributed by atoms with van der Waals surface area (Å²) in [5.74, 6) is -0.556. The third-order valence-electron chi connectivity index (χ3n) is 3.21. The summed E-state index contributed by atoms with van der Waals surface area (Å²) >= 11 is 12.2. The van der Waals surface area contributed by atoms with Crippen molar-refractivity contribution >= 4 is 35.1 Å². The molecular weight excluding hydrogens is 339 g/mol. The van der Waals surface area contributed by atoms with Crippen LogP contribution in [0.5, 0.6) is 0 Å². The molecule has 0 unspecified atom stereocenters. The van der Waals surface area contributed by atoms with Gasteiger partial charge < -0.3 is 15.4 Å². The minimum atomic E-state index is -1.08. The van der Waals surface area contributed by atoms with Gasteiger partial charge in [0, 0.05) is 23.0 Å². The van der Waals surface area contributed by atoms with Crippen LogP contribution >= 0.6 is 23.2 Å². The van der Waals surface area contributed by atoms with Crippen molar-refractivity contribution in [3.8, 4) is 17.1 Å². The van der Waals surface area contributed by atoms with Gasteiger partial charge in [-0.15, -0.1) is 0 Å². The van der Waals surface area contributed by atoms with Crippen molar-refractivity contribution in [3.63, 3.8) is 0 Å².